The average Bonchev–Trinajstić information content (AvgIpc) is 3.14. The highest BCUT2D eigenvalue weighted by molar-refractivity contribution is 5.48. The number of hydrogen-bond donors (Lipinski definition) is 5. The van der Waals surface area contributed by atoms with E-state index in [1.54, 1.807) is 0 Å². The van der Waals surface area contributed by atoms with Crippen molar-refractivity contribution in [2.75, 3.05) is 13.2 Å². The van der Waals surface area contributed by atoms with Gasteiger partial charge in [0.2, 0.25) is 0 Å². The Morgan fingerprint density at radius 2 is 1.78 bits per heavy atom. The summed E-state index contributed by atoms with van der Waals surface area (Å²) in [7, 11) is 0. The van der Waals surface area contributed by atoms with Gasteiger partial charge in [0.05, 0.1) is 24.4 Å². The van der Waals surface area contributed by atoms with E-state index in [9.17, 15) is 25.5 Å². The Morgan fingerprint density at radius 1 is 1.06 bits per heavy atom. The SMILES string of the molecule is C=C1C2=C([C@H](OCC)C[C@@]34C[C@@H](CC[C@@H]13)[C@](C)(O)C4)C(C)(C)[C@@H](O[C@@H]1O[C@H](CO)[C@@H](O)[C@H](O)[C@H]1O)C2. The van der Waals surface area contributed by atoms with E-state index in [-0.39, 0.29) is 23.5 Å². The summed E-state index contributed by atoms with van der Waals surface area (Å²) in [6.45, 7) is 12.9. The molecule has 3 fully saturated rings. The molecule has 2 saturated carbocycles. The Balaban J connectivity index is 1.45. The Hall–Kier alpha value is -0.840. The number of allylic oxidation sites excluding steroid dienone is 1. The van der Waals surface area contributed by atoms with Crippen molar-refractivity contribution >= 4 is 0 Å². The third-order valence-corrected chi connectivity index (χ3v) is 10.2. The van der Waals surface area contributed by atoms with E-state index in [1.807, 2.05) is 13.8 Å². The summed E-state index contributed by atoms with van der Waals surface area (Å²) in [5, 5.41) is 51.8. The predicted molar refractivity (Wildman–Crippen MR) is 132 cm³/mol. The molecule has 2 bridgehead atoms. The van der Waals surface area contributed by atoms with Gasteiger partial charge in [-0.25, -0.2) is 0 Å². The first-order valence-corrected chi connectivity index (χ1v) is 13.6. The van der Waals surface area contributed by atoms with E-state index >= 15 is 0 Å². The lowest BCUT2D eigenvalue weighted by atomic mass is 9.62. The third kappa shape index (κ3) is 3.95. The van der Waals surface area contributed by atoms with Crippen LogP contribution in [0.1, 0.15) is 66.2 Å². The molecule has 1 saturated heterocycles. The minimum atomic E-state index is -1.48. The second kappa shape index (κ2) is 9.12. The molecule has 0 aromatic rings. The molecule has 0 amide bonds. The van der Waals surface area contributed by atoms with E-state index in [4.69, 9.17) is 14.2 Å². The van der Waals surface area contributed by atoms with Crippen molar-refractivity contribution in [1.29, 1.82) is 0 Å². The molecule has 4 aliphatic carbocycles. The Labute approximate surface area is 213 Å². The number of hydrogen-bond acceptors (Lipinski definition) is 8. The van der Waals surface area contributed by atoms with Gasteiger partial charge in [-0.2, -0.15) is 0 Å². The number of aliphatic hydroxyl groups is 5. The normalized spacial score (nSPS) is 50.1. The van der Waals surface area contributed by atoms with Crippen LogP contribution in [0.15, 0.2) is 23.3 Å². The van der Waals surface area contributed by atoms with Gasteiger partial charge in [-0.1, -0.05) is 20.4 Å². The first-order chi connectivity index (χ1) is 16.9. The fourth-order valence-corrected chi connectivity index (χ4v) is 8.45. The molecule has 0 aromatic heterocycles. The standard InChI is InChI=1S/C28H44O8/c1-6-34-18-11-28-10-15(27(5,33)13-28)7-8-17(28)14(2)16-9-20(26(3,4)21(16)18)36-25-24(32)23(31)22(30)19(12-29)35-25/h15,17-20,22-25,29-33H,2,6-13H2,1,3-5H3/t15-,17+,18-,19-,20+,22-,23+,24-,25+,27-,28-/m1/s1. The number of fused-ring (bicyclic) bond motifs is 1. The third-order valence-electron chi connectivity index (χ3n) is 10.2. The number of ether oxygens (including phenoxy) is 3. The molecule has 1 aliphatic heterocycles. The van der Waals surface area contributed by atoms with Crippen LogP contribution in [0.5, 0.6) is 0 Å². The van der Waals surface area contributed by atoms with E-state index in [2.05, 4.69) is 20.4 Å². The fraction of sp³-hybridized carbons (Fsp3) is 0.857. The lowest BCUT2D eigenvalue weighted by Crippen LogP contribution is -2.60. The minimum Gasteiger partial charge on any atom is -0.394 e. The van der Waals surface area contributed by atoms with Crippen LogP contribution < -0.4 is 0 Å². The van der Waals surface area contributed by atoms with Crippen LogP contribution in [-0.2, 0) is 14.2 Å². The fourth-order valence-electron chi connectivity index (χ4n) is 8.45. The zero-order valence-corrected chi connectivity index (χ0v) is 22.0. The Kier molecular flexibility index (Phi) is 6.78. The smallest absolute Gasteiger partial charge is 0.187 e. The van der Waals surface area contributed by atoms with Crippen LogP contribution in [0.4, 0.5) is 0 Å². The highest BCUT2D eigenvalue weighted by Gasteiger charge is 2.62. The molecule has 0 radical (unpaired) electrons. The number of aliphatic hydroxyl groups excluding tert-OH is 4. The Bertz CT molecular complexity index is 909. The van der Waals surface area contributed by atoms with Gasteiger partial charge in [0.1, 0.15) is 24.4 Å². The van der Waals surface area contributed by atoms with Crippen molar-refractivity contribution in [2.45, 2.75) is 115 Å². The van der Waals surface area contributed by atoms with Crippen LogP contribution in [-0.4, -0.2) is 87.3 Å². The van der Waals surface area contributed by atoms with E-state index < -0.39 is 48.3 Å². The van der Waals surface area contributed by atoms with Crippen LogP contribution in [0, 0.1) is 22.7 Å². The Morgan fingerprint density at radius 3 is 2.44 bits per heavy atom. The first-order valence-electron chi connectivity index (χ1n) is 13.6. The molecule has 5 N–H and O–H groups in total. The molecule has 5 rings (SSSR count). The maximum absolute atomic E-state index is 11.2. The van der Waals surface area contributed by atoms with Crippen LogP contribution in [0.3, 0.4) is 0 Å². The molecule has 36 heavy (non-hydrogen) atoms. The first kappa shape index (κ1) is 26.8. The lowest BCUT2D eigenvalue weighted by Gasteiger charge is -2.45. The van der Waals surface area contributed by atoms with Crippen LogP contribution in [0.2, 0.25) is 0 Å². The molecule has 0 aromatic carbocycles. The van der Waals surface area contributed by atoms with Crippen molar-refractivity contribution in [2.24, 2.45) is 22.7 Å². The van der Waals surface area contributed by atoms with Gasteiger partial charge in [-0.3, -0.25) is 0 Å². The summed E-state index contributed by atoms with van der Waals surface area (Å²) >= 11 is 0. The highest BCUT2D eigenvalue weighted by atomic mass is 16.7. The van der Waals surface area contributed by atoms with Gasteiger partial charge < -0.3 is 39.7 Å². The molecule has 8 nitrogen and oxygen atoms in total. The lowest BCUT2D eigenvalue weighted by molar-refractivity contribution is -0.316. The van der Waals surface area contributed by atoms with Crippen molar-refractivity contribution in [3.05, 3.63) is 23.3 Å². The van der Waals surface area contributed by atoms with E-state index in [0.29, 0.717) is 18.9 Å². The predicted octanol–water partition coefficient (Wildman–Crippen LogP) is 1.82. The van der Waals surface area contributed by atoms with Crippen molar-refractivity contribution in [1.82, 2.24) is 0 Å². The zero-order valence-electron chi connectivity index (χ0n) is 22.0. The summed E-state index contributed by atoms with van der Waals surface area (Å²) in [6, 6.07) is 0. The van der Waals surface area contributed by atoms with Crippen molar-refractivity contribution in [3.63, 3.8) is 0 Å². The molecule has 8 heteroatoms. The van der Waals surface area contributed by atoms with Gasteiger partial charge in [-0.15, -0.1) is 0 Å². The highest BCUT2D eigenvalue weighted by Crippen LogP contribution is 2.67. The second-order valence-corrected chi connectivity index (χ2v) is 12.7. The molecule has 204 valence electrons. The molecule has 5 aliphatic rings. The van der Waals surface area contributed by atoms with Crippen molar-refractivity contribution < 1.29 is 39.7 Å². The molecular weight excluding hydrogens is 464 g/mol. The van der Waals surface area contributed by atoms with Crippen LogP contribution >= 0.6 is 0 Å². The summed E-state index contributed by atoms with van der Waals surface area (Å²) in [5.74, 6) is 0.590. The maximum Gasteiger partial charge on any atom is 0.187 e. The van der Waals surface area contributed by atoms with Gasteiger partial charge in [0, 0.05) is 12.0 Å². The summed E-state index contributed by atoms with van der Waals surface area (Å²) < 4.78 is 18.4. The maximum atomic E-state index is 11.2. The summed E-state index contributed by atoms with van der Waals surface area (Å²) in [4.78, 5) is 0. The molecule has 1 heterocycles. The molecule has 11 atom stereocenters. The van der Waals surface area contributed by atoms with Crippen LogP contribution in [0.25, 0.3) is 0 Å². The van der Waals surface area contributed by atoms with E-state index in [0.717, 1.165) is 37.7 Å². The van der Waals surface area contributed by atoms with E-state index in [1.165, 1.54) is 11.1 Å². The minimum absolute atomic E-state index is 0.0304. The second-order valence-electron chi connectivity index (χ2n) is 12.7. The molecule has 0 unspecified atom stereocenters. The largest absolute Gasteiger partial charge is 0.394 e. The van der Waals surface area contributed by atoms with Crippen molar-refractivity contribution in [3.8, 4) is 0 Å². The quantitative estimate of drug-likeness (QED) is 0.380. The molecule has 1 spiro atoms. The van der Waals surface area contributed by atoms with Gasteiger partial charge in [0.25, 0.3) is 0 Å². The monoisotopic (exact) mass is 508 g/mol. The molecular formula is C28H44O8. The van der Waals surface area contributed by atoms with Gasteiger partial charge in [-0.05, 0) is 86.3 Å². The summed E-state index contributed by atoms with van der Waals surface area (Å²) in [6.07, 6.45) is -1.86. The van der Waals surface area contributed by atoms with Gasteiger partial charge >= 0.3 is 0 Å². The van der Waals surface area contributed by atoms with Gasteiger partial charge in [0.15, 0.2) is 6.29 Å². The summed E-state index contributed by atoms with van der Waals surface area (Å²) in [5.41, 5.74) is 2.30. The number of rotatable bonds is 5. The average molecular weight is 509 g/mol. The topological polar surface area (TPSA) is 129 Å². The zero-order chi connectivity index (χ0) is 26.2.